The maximum absolute atomic E-state index is 14.5. The number of hydrogen-bond acceptors (Lipinski definition) is 6. The quantitative estimate of drug-likeness (QED) is 0.216. The molecule has 3 aromatic carbocycles. The summed E-state index contributed by atoms with van der Waals surface area (Å²) >= 11 is 0. The van der Waals surface area contributed by atoms with Gasteiger partial charge in [0, 0.05) is 48.6 Å². The van der Waals surface area contributed by atoms with Crippen LogP contribution in [-0.2, 0) is 21.8 Å². The molecule has 0 saturated heterocycles. The number of hydrogen-bond donors (Lipinski definition) is 1. The molecule has 11 heteroatoms. The van der Waals surface area contributed by atoms with Gasteiger partial charge >= 0.3 is 0 Å². The molecule has 42 heavy (non-hydrogen) atoms. The Labute approximate surface area is 240 Å². The zero-order valence-corrected chi connectivity index (χ0v) is 23.6. The highest BCUT2D eigenvalue weighted by molar-refractivity contribution is 7.90. The van der Waals surface area contributed by atoms with E-state index in [0.717, 1.165) is 21.7 Å². The molecule has 0 amide bonds. The summed E-state index contributed by atoms with van der Waals surface area (Å²) in [5.41, 5.74) is 7.27. The molecule has 0 bridgehead atoms. The fourth-order valence-electron chi connectivity index (χ4n) is 4.48. The van der Waals surface area contributed by atoms with Gasteiger partial charge in [-0.15, -0.1) is 0 Å². The number of benzene rings is 3. The van der Waals surface area contributed by atoms with Crippen molar-refractivity contribution in [2.75, 3.05) is 19.5 Å². The first-order chi connectivity index (χ1) is 20.0. The molecule has 0 spiro atoms. The first kappa shape index (κ1) is 28.6. The molecule has 0 aliphatic carbocycles. The van der Waals surface area contributed by atoms with Crippen LogP contribution in [0.25, 0.3) is 22.0 Å². The second-order valence-corrected chi connectivity index (χ2v) is 11.3. The molecule has 0 fully saturated rings. The molecule has 2 aromatic heterocycles. The minimum Gasteiger partial charge on any atom is -0.454 e. The smallest absolute Gasteiger partial charge is 0.275 e. The highest BCUT2D eigenvalue weighted by atomic mass is 32.2. The van der Waals surface area contributed by atoms with Crippen LogP contribution >= 0.6 is 0 Å². The predicted molar refractivity (Wildman–Crippen MR) is 156 cm³/mol. The maximum Gasteiger partial charge on any atom is 0.275 e. The summed E-state index contributed by atoms with van der Waals surface area (Å²) in [5.74, 6) is 3.78. The second kappa shape index (κ2) is 11.2. The van der Waals surface area contributed by atoms with Crippen LogP contribution in [0.4, 0.5) is 14.5 Å². The summed E-state index contributed by atoms with van der Waals surface area (Å²) in [7, 11) is -1.38. The summed E-state index contributed by atoms with van der Waals surface area (Å²) in [5, 5.41) is 0.241. The van der Waals surface area contributed by atoms with E-state index in [1.54, 1.807) is 18.2 Å². The fraction of sp³-hybridized carbons (Fsp3) is 0.129. The Hall–Kier alpha value is -4.92. The van der Waals surface area contributed by atoms with E-state index in [1.165, 1.54) is 55.3 Å². The fourth-order valence-corrected chi connectivity index (χ4v) is 5.94. The van der Waals surface area contributed by atoms with Gasteiger partial charge in [0.2, 0.25) is 0 Å². The highest BCUT2D eigenvalue weighted by Crippen LogP contribution is 2.39. The lowest BCUT2D eigenvalue weighted by atomic mass is 10.0. The van der Waals surface area contributed by atoms with Gasteiger partial charge in [-0.05, 0) is 61.4 Å². The van der Waals surface area contributed by atoms with Gasteiger partial charge in [0.05, 0.1) is 4.90 Å². The lowest BCUT2D eigenvalue weighted by molar-refractivity contribution is 0.240. The van der Waals surface area contributed by atoms with Crippen LogP contribution < -0.4 is 16.0 Å². The number of methoxy groups -OCH3 is 1. The Bertz CT molecular complexity index is 2070. The molecule has 0 aliphatic heterocycles. The van der Waals surface area contributed by atoms with Crippen molar-refractivity contribution < 1.29 is 26.7 Å². The van der Waals surface area contributed by atoms with Gasteiger partial charge < -0.3 is 19.8 Å². The third-order valence-corrected chi connectivity index (χ3v) is 8.22. The van der Waals surface area contributed by atoms with Crippen LogP contribution in [-0.4, -0.2) is 30.7 Å². The average Bonchev–Trinajstić information content (AvgIpc) is 3.34. The minimum absolute atomic E-state index is 0.0212. The lowest BCUT2D eigenvalue weighted by Crippen LogP contribution is -2.23. The summed E-state index contributed by atoms with van der Waals surface area (Å²) in [4.78, 5) is 13.6. The second-order valence-electron chi connectivity index (χ2n) is 9.50. The van der Waals surface area contributed by atoms with Crippen molar-refractivity contribution >= 4 is 26.6 Å². The Morgan fingerprint density at radius 2 is 1.67 bits per heavy atom. The third-order valence-electron chi connectivity index (χ3n) is 6.49. The van der Waals surface area contributed by atoms with E-state index >= 15 is 0 Å². The molecule has 0 unspecified atom stereocenters. The van der Waals surface area contributed by atoms with Crippen LogP contribution in [0.2, 0.25) is 0 Å². The average molecular weight is 590 g/mol. The van der Waals surface area contributed by atoms with Gasteiger partial charge in [-0.2, -0.15) is 0 Å². The first-order valence-corrected chi connectivity index (χ1v) is 14.0. The number of aromatic nitrogens is 2. The monoisotopic (exact) mass is 589 g/mol. The van der Waals surface area contributed by atoms with Crippen molar-refractivity contribution in [2.24, 2.45) is 7.05 Å². The number of fused-ring (bicyclic) bond motifs is 1. The SMILES string of the molecule is COCC#Cc1cc2c(-c3cc(N)ccc3Oc3ccc(F)cc3F)cn(C)c(=O)c2n1S(=O)(=O)c1ccc(C)cc1. The van der Waals surface area contributed by atoms with E-state index < -0.39 is 27.2 Å². The topological polar surface area (TPSA) is 106 Å². The number of nitrogens with zero attached hydrogens (tertiary/aromatic N) is 2. The molecule has 2 heterocycles. The number of nitrogens with two attached hydrogens (primary N) is 1. The molecule has 5 aromatic rings. The molecule has 214 valence electrons. The zero-order chi connectivity index (χ0) is 30.2. The summed E-state index contributed by atoms with van der Waals surface area (Å²) in [6.45, 7) is 1.85. The Morgan fingerprint density at radius 1 is 0.952 bits per heavy atom. The normalized spacial score (nSPS) is 11.4. The highest BCUT2D eigenvalue weighted by Gasteiger charge is 2.27. The van der Waals surface area contributed by atoms with E-state index in [2.05, 4.69) is 11.8 Å². The van der Waals surface area contributed by atoms with Crippen molar-refractivity contribution in [2.45, 2.75) is 11.8 Å². The Morgan fingerprint density at radius 3 is 2.36 bits per heavy atom. The largest absolute Gasteiger partial charge is 0.454 e. The Balaban J connectivity index is 1.83. The van der Waals surface area contributed by atoms with Crippen LogP contribution in [0, 0.1) is 30.4 Å². The number of nitrogen functional groups attached to an aromatic ring is 1. The number of ether oxygens (including phenoxy) is 2. The number of halogens is 2. The van der Waals surface area contributed by atoms with E-state index in [-0.39, 0.29) is 39.6 Å². The van der Waals surface area contributed by atoms with E-state index in [1.807, 2.05) is 6.92 Å². The summed E-state index contributed by atoms with van der Waals surface area (Å²) in [6.07, 6.45) is 1.50. The van der Waals surface area contributed by atoms with E-state index in [4.69, 9.17) is 15.2 Å². The molecular formula is C31H25F2N3O5S. The van der Waals surface area contributed by atoms with Crippen LogP contribution in [0.15, 0.2) is 82.6 Å². The molecular weight excluding hydrogens is 564 g/mol. The summed E-state index contributed by atoms with van der Waals surface area (Å²) in [6, 6.07) is 15.2. The Kier molecular flexibility index (Phi) is 7.60. The van der Waals surface area contributed by atoms with Gasteiger partial charge in [0.15, 0.2) is 11.6 Å². The minimum atomic E-state index is -4.30. The van der Waals surface area contributed by atoms with Gasteiger partial charge in [0.25, 0.3) is 15.6 Å². The van der Waals surface area contributed by atoms with Gasteiger partial charge in [0.1, 0.15) is 29.4 Å². The van der Waals surface area contributed by atoms with Crippen molar-refractivity contribution in [1.29, 1.82) is 0 Å². The number of rotatable bonds is 6. The van der Waals surface area contributed by atoms with Crippen LogP contribution in [0.1, 0.15) is 11.3 Å². The zero-order valence-electron chi connectivity index (χ0n) is 22.8. The molecule has 0 radical (unpaired) electrons. The van der Waals surface area contributed by atoms with Crippen molar-refractivity contribution in [3.63, 3.8) is 0 Å². The van der Waals surface area contributed by atoms with E-state index in [0.29, 0.717) is 22.9 Å². The first-order valence-electron chi connectivity index (χ1n) is 12.6. The molecule has 0 saturated carbocycles. The predicted octanol–water partition coefficient (Wildman–Crippen LogP) is 5.20. The van der Waals surface area contributed by atoms with Gasteiger partial charge in [-0.1, -0.05) is 23.6 Å². The van der Waals surface area contributed by atoms with Crippen molar-refractivity contribution in [3.8, 4) is 34.5 Å². The molecule has 8 nitrogen and oxygen atoms in total. The number of pyridine rings is 1. The molecule has 5 rings (SSSR count). The van der Waals surface area contributed by atoms with Gasteiger partial charge in [-0.25, -0.2) is 21.2 Å². The summed E-state index contributed by atoms with van der Waals surface area (Å²) < 4.78 is 69.1. The van der Waals surface area contributed by atoms with Crippen LogP contribution in [0.3, 0.4) is 0 Å². The van der Waals surface area contributed by atoms with Gasteiger partial charge in [-0.3, -0.25) is 4.79 Å². The van der Waals surface area contributed by atoms with Crippen molar-refractivity contribution in [1.82, 2.24) is 8.54 Å². The van der Waals surface area contributed by atoms with E-state index in [9.17, 15) is 22.0 Å². The number of anilines is 1. The van der Waals surface area contributed by atoms with Crippen LogP contribution in [0.5, 0.6) is 11.5 Å². The molecule has 0 aliphatic rings. The lowest BCUT2D eigenvalue weighted by Gasteiger charge is -2.15. The standard InChI is InChI=1S/C31H25F2N3O5S/c1-19-6-10-23(11-7-19)42(38,39)36-22(5-4-14-40-3)17-25-26(18-35(2)31(37)30(25)36)24-16-21(34)9-13-28(24)41-29-12-8-20(32)15-27(29)33/h6-13,15-18H,14,34H2,1-3H3. The third kappa shape index (κ3) is 5.25. The molecule has 2 N–H and O–H groups in total. The number of aryl methyl sites for hydroxylation is 2. The maximum atomic E-state index is 14.5. The molecule has 0 atom stereocenters. The van der Waals surface area contributed by atoms with Crippen molar-refractivity contribution in [3.05, 3.63) is 106 Å².